The number of nitrogens with zero attached hydrogens (tertiary/aromatic N) is 1. The smallest absolute Gasteiger partial charge is 0.122 e. The molecule has 2 N–H and O–H groups in total. The molecule has 1 unspecified atom stereocenters. The fourth-order valence-electron chi connectivity index (χ4n) is 2.53. The van der Waals surface area contributed by atoms with E-state index in [9.17, 15) is 5.11 Å². The van der Waals surface area contributed by atoms with Crippen molar-refractivity contribution in [1.82, 2.24) is 10.2 Å². The molecule has 19 heavy (non-hydrogen) atoms. The number of aliphatic hydroxyl groups is 1. The van der Waals surface area contributed by atoms with Crippen molar-refractivity contribution in [1.29, 1.82) is 0 Å². The lowest BCUT2D eigenvalue weighted by atomic mass is 10.0. The lowest BCUT2D eigenvalue weighted by Gasteiger charge is -2.29. The third-order valence-corrected chi connectivity index (χ3v) is 3.71. The van der Waals surface area contributed by atoms with Crippen LogP contribution >= 0.6 is 0 Å². The summed E-state index contributed by atoms with van der Waals surface area (Å²) in [6.07, 6.45) is 0.492. The van der Waals surface area contributed by atoms with Gasteiger partial charge < -0.3 is 15.2 Å². The average molecular weight is 264 g/mol. The van der Waals surface area contributed by atoms with Crippen molar-refractivity contribution in [2.45, 2.75) is 19.4 Å². The van der Waals surface area contributed by atoms with Gasteiger partial charge in [-0.15, -0.1) is 0 Å². The first-order chi connectivity index (χ1) is 9.24. The molecule has 0 bridgehead atoms. The van der Waals surface area contributed by atoms with Gasteiger partial charge in [0, 0.05) is 32.7 Å². The van der Waals surface area contributed by atoms with Crippen molar-refractivity contribution >= 4 is 0 Å². The Morgan fingerprint density at radius 2 is 2.11 bits per heavy atom. The standard InChI is InChI=1S/C15H24N2O2/c1-3-12-10-13(4-5-15(12)19-2)14(18)11-17-8-6-16-7-9-17/h4-5,10,14,16,18H,3,6-9,11H2,1-2H3. The molecular weight excluding hydrogens is 240 g/mol. The van der Waals surface area contributed by atoms with Crippen molar-refractivity contribution in [3.05, 3.63) is 29.3 Å². The lowest BCUT2D eigenvalue weighted by molar-refractivity contribution is 0.105. The summed E-state index contributed by atoms with van der Waals surface area (Å²) in [6, 6.07) is 5.98. The molecule has 1 aromatic carbocycles. The first-order valence-electron chi connectivity index (χ1n) is 7.02. The molecule has 2 rings (SSSR count). The maximum atomic E-state index is 10.4. The van der Waals surface area contributed by atoms with Crippen molar-refractivity contribution in [3.63, 3.8) is 0 Å². The summed E-state index contributed by atoms with van der Waals surface area (Å²) in [5.74, 6) is 0.903. The molecule has 1 aliphatic heterocycles. The molecule has 1 aliphatic rings. The zero-order valence-electron chi connectivity index (χ0n) is 11.9. The second-order valence-electron chi connectivity index (χ2n) is 4.99. The van der Waals surface area contributed by atoms with E-state index in [-0.39, 0.29) is 0 Å². The number of aryl methyl sites for hydroxylation is 1. The topological polar surface area (TPSA) is 44.7 Å². The van der Waals surface area contributed by atoms with E-state index in [0.717, 1.165) is 49.5 Å². The zero-order chi connectivity index (χ0) is 13.7. The van der Waals surface area contributed by atoms with Crippen LogP contribution in [-0.4, -0.2) is 49.8 Å². The number of nitrogens with one attached hydrogen (secondary N) is 1. The number of rotatable bonds is 5. The highest BCUT2D eigenvalue weighted by molar-refractivity contribution is 5.38. The monoisotopic (exact) mass is 264 g/mol. The predicted octanol–water partition coefficient (Wildman–Crippen LogP) is 1.20. The average Bonchev–Trinajstić information content (AvgIpc) is 2.47. The van der Waals surface area contributed by atoms with Gasteiger partial charge in [0.25, 0.3) is 0 Å². The van der Waals surface area contributed by atoms with E-state index in [0.29, 0.717) is 6.54 Å². The molecule has 1 saturated heterocycles. The van der Waals surface area contributed by atoms with Crippen LogP contribution < -0.4 is 10.1 Å². The fraction of sp³-hybridized carbons (Fsp3) is 0.600. The summed E-state index contributed by atoms with van der Waals surface area (Å²) in [5, 5.41) is 13.7. The molecule has 1 aromatic rings. The molecule has 1 heterocycles. The number of methoxy groups -OCH3 is 1. The second kappa shape index (κ2) is 6.89. The van der Waals surface area contributed by atoms with Gasteiger partial charge >= 0.3 is 0 Å². The van der Waals surface area contributed by atoms with E-state index in [1.807, 2.05) is 12.1 Å². The highest BCUT2D eigenvalue weighted by Crippen LogP contribution is 2.24. The van der Waals surface area contributed by atoms with Gasteiger partial charge in [0.05, 0.1) is 13.2 Å². The van der Waals surface area contributed by atoms with Crippen LogP contribution in [0, 0.1) is 0 Å². The first-order valence-corrected chi connectivity index (χ1v) is 7.02. The van der Waals surface area contributed by atoms with E-state index in [2.05, 4.69) is 23.2 Å². The van der Waals surface area contributed by atoms with Crippen LogP contribution in [0.15, 0.2) is 18.2 Å². The summed E-state index contributed by atoms with van der Waals surface area (Å²) in [5.41, 5.74) is 2.13. The largest absolute Gasteiger partial charge is 0.496 e. The number of aliphatic hydroxyl groups excluding tert-OH is 1. The Balaban J connectivity index is 2.03. The van der Waals surface area contributed by atoms with Crippen LogP contribution in [0.1, 0.15) is 24.2 Å². The zero-order valence-corrected chi connectivity index (χ0v) is 11.9. The van der Waals surface area contributed by atoms with Crippen molar-refractivity contribution in [2.75, 3.05) is 39.8 Å². The van der Waals surface area contributed by atoms with E-state index in [1.165, 1.54) is 0 Å². The molecule has 1 atom stereocenters. The van der Waals surface area contributed by atoms with E-state index in [4.69, 9.17) is 4.74 Å². The minimum Gasteiger partial charge on any atom is -0.496 e. The summed E-state index contributed by atoms with van der Waals surface area (Å²) < 4.78 is 5.32. The molecule has 0 aromatic heterocycles. The molecular formula is C15H24N2O2. The van der Waals surface area contributed by atoms with E-state index >= 15 is 0 Å². The number of ether oxygens (including phenoxy) is 1. The Kier molecular flexibility index (Phi) is 5.19. The van der Waals surface area contributed by atoms with Crippen LogP contribution in [0.3, 0.4) is 0 Å². The number of benzene rings is 1. The quantitative estimate of drug-likeness (QED) is 0.839. The first kappa shape index (κ1) is 14.3. The Labute approximate surface area is 115 Å². The van der Waals surface area contributed by atoms with Crippen LogP contribution in [0.25, 0.3) is 0 Å². The fourth-order valence-corrected chi connectivity index (χ4v) is 2.53. The van der Waals surface area contributed by atoms with Crippen molar-refractivity contribution < 1.29 is 9.84 Å². The van der Waals surface area contributed by atoms with Gasteiger partial charge in [-0.1, -0.05) is 13.0 Å². The van der Waals surface area contributed by atoms with Crippen LogP contribution in [0.2, 0.25) is 0 Å². The van der Waals surface area contributed by atoms with Gasteiger partial charge in [-0.05, 0) is 29.7 Å². The van der Waals surface area contributed by atoms with E-state index < -0.39 is 6.10 Å². The Bertz CT molecular complexity index is 403. The number of piperazine rings is 1. The number of hydrogen-bond donors (Lipinski definition) is 2. The summed E-state index contributed by atoms with van der Waals surface area (Å²) in [6.45, 7) is 6.84. The molecule has 4 heteroatoms. The van der Waals surface area contributed by atoms with Crippen LogP contribution in [0.4, 0.5) is 0 Å². The molecule has 0 saturated carbocycles. The molecule has 1 fully saturated rings. The summed E-state index contributed by atoms with van der Waals surface area (Å²) >= 11 is 0. The van der Waals surface area contributed by atoms with Gasteiger partial charge in [-0.3, -0.25) is 4.90 Å². The molecule has 106 valence electrons. The maximum Gasteiger partial charge on any atom is 0.122 e. The third-order valence-electron chi connectivity index (χ3n) is 3.71. The third kappa shape index (κ3) is 3.69. The summed E-state index contributed by atoms with van der Waals surface area (Å²) in [4.78, 5) is 2.30. The SMILES string of the molecule is CCc1cc(C(O)CN2CCNCC2)ccc1OC. The lowest BCUT2D eigenvalue weighted by Crippen LogP contribution is -2.44. The second-order valence-corrected chi connectivity index (χ2v) is 4.99. The molecule has 0 aliphatic carbocycles. The number of β-amino-alcohol motifs (C(OH)–C–C–N with tert-alkyl or cyclic N) is 1. The Morgan fingerprint density at radius 3 is 2.74 bits per heavy atom. The molecule has 4 nitrogen and oxygen atoms in total. The molecule has 0 spiro atoms. The Morgan fingerprint density at radius 1 is 1.37 bits per heavy atom. The van der Waals surface area contributed by atoms with Gasteiger partial charge in [0.15, 0.2) is 0 Å². The van der Waals surface area contributed by atoms with Gasteiger partial charge in [0.1, 0.15) is 5.75 Å². The van der Waals surface area contributed by atoms with Crippen LogP contribution in [0.5, 0.6) is 5.75 Å². The van der Waals surface area contributed by atoms with E-state index in [1.54, 1.807) is 7.11 Å². The highest BCUT2D eigenvalue weighted by Gasteiger charge is 2.16. The minimum atomic E-state index is -0.422. The molecule has 0 radical (unpaired) electrons. The van der Waals surface area contributed by atoms with Crippen LogP contribution in [-0.2, 0) is 6.42 Å². The normalized spacial score (nSPS) is 18.3. The number of hydrogen-bond acceptors (Lipinski definition) is 4. The molecule has 0 amide bonds. The van der Waals surface area contributed by atoms with Gasteiger partial charge in [-0.25, -0.2) is 0 Å². The van der Waals surface area contributed by atoms with Gasteiger partial charge in [0.2, 0.25) is 0 Å². The Hall–Kier alpha value is -1.10. The summed E-state index contributed by atoms with van der Waals surface area (Å²) in [7, 11) is 1.69. The van der Waals surface area contributed by atoms with Crippen molar-refractivity contribution in [3.8, 4) is 5.75 Å². The van der Waals surface area contributed by atoms with Gasteiger partial charge in [-0.2, -0.15) is 0 Å². The highest BCUT2D eigenvalue weighted by atomic mass is 16.5. The predicted molar refractivity (Wildman–Crippen MR) is 76.6 cm³/mol. The maximum absolute atomic E-state index is 10.4. The van der Waals surface area contributed by atoms with Crippen molar-refractivity contribution in [2.24, 2.45) is 0 Å². The minimum absolute atomic E-state index is 0.422.